The number of rotatable bonds is 0. The van der Waals surface area contributed by atoms with Crippen molar-refractivity contribution < 1.29 is 0 Å². The third kappa shape index (κ3) is 2.72. The molecule has 2 aliphatic carbocycles. The van der Waals surface area contributed by atoms with Crippen LogP contribution in [-0.4, -0.2) is 0 Å². The first-order valence-electron chi connectivity index (χ1n) is 5.75. The maximum absolute atomic E-state index is 2.41. The molecule has 72 valence electrons. The van der Waals surface area contributed by atoms with Crippen molar-refractivity contribution in [2.75, 3.05) is 0 Å². The lowest BCUT2D eigenvalue weighted by Gasteiger charge is -2.24. The summed E-state index contributed by atoms with van der Waals surface area (Å²) < 4.78 is 0. The molecule has 2 rings (SSSR count). The molecule has 0 N–H and O–H groups in total. The summed E-state index contributed by atoms with van der Waals surface area (Å²) in [5.41, 5.74) is 0. The summed E-state index contributed by atoms with van der Waals surface area (Å²) in [5, 5.41) is 0. The van der Waals surface area contributed by atoms with Crippen LogP contribution in [-0.2, 0) is 0 Å². The molecule has 0 heteroatoms. The van der Waals surface area contributed by atoms with Gasteiger partial charge in [0.25, 0.3) is 0 Å². The van der Waals surface area contributed by atoms with Crippen LogP contribution in [0.4, 0.5) is 0 Å². The van der Waals surface area contributed by atoms with Crippen molar-refractivity contribution in [2.24, 2.45) is 11.8 Å². The summed E-state index contributed by atoms with van der Waals surface area (Å²) in [6, 6.07) is 0. The van der Waals surface area contributed by atoms with Gasteiger partial charge >= 0.3 is 0 Å². The van der Waals surface area contributed by atoms with Crippen molar-refractivity contribution in [2.45, 2.75) is 44.9 Å². The highest BCUT2D eigenvalue weighted by molar-refractivity contribution is 4.94. The number of hydrogen-bond donors (Lipinski definition) is 0. The molecule has 2 atom stereocenters. The minimum Gasteiger partial charge on any atom is -0.0885 e. The fourth-order valence-corrected chi connectivity index (χ4v) is 2.61. The van der Waals surface area contributed by atoms with Crippen molar-refractivity contribution >= 4 is 0 Å². The quantitative estimate of drug-likeness (QED) is 0.488. The van der Waals surface area contributed by atoms with Crippen molar-refractivity contribution in [3.63, 3.8) is 0 Å². The Balaban J connectivity index is 2.02. The molecule has 0 aromatic carbocycles. The largest absolute Gasteiger partial charge is 0.0885 e. The van der Waals surface area contributed by atoms with Gasteiger partial charge in [-0.15, -0.1) is 0 Å². The van der Waals surface area contributed by atoms with Crippen LogP contribution in [0.3, 0.4) is 0 Å². The van der Waals surface area contributed by atoms with E-state index in [9.17, 15) is 0 Å². The Labute approximate surface area is 81.7 Å². The second kappa shape index (κ2) is 4.64. The minimum atomic E-state index is 0.978. The maximum atomic E-state index is 2.41. The zero-order valence-electron chi connectivity index (χ0n) is 8.41. The van der Waals surface area contributed by atoms with Crippen molar-refractivity contribution in [1.29, 1.82) is 0 Å². The van der Waals surface area contributed by atoms with Gasteiger partial charge in [0.05, 0.1) is 0 Å². The van der Waals surface area contributed by atoms with Gasteiger partial charge in [-0.25, -0.2) is 0 Å². The molecular weight excluding hydrogens is 156 g/mol. The Morgan fingerprint density at radius 3 is 1.77 bits per heavy atom. The summed E-state index contributed by atoms with van der Waals surface area (Å²) in [4.78, 5) is 0. The summed E-state index contributed by atoms with van der Waals surface area (Å²) >= 11 is 0. The molecule has 0 heterocycles. The van der Waals surface area contributed by atoms with Gasteiger partial charge in [0.15, 0.2) is 0 Å². The molecule has 0 saturated carbocycles. The third-order valence-electron chi connectivity index (χ3n) is 3.42. The zero-order chi connectivity index (χ0) is 8.93. The lowest BCUT2D eigenvalue weighted by molar-refractivity contribution is 0.331. The fourth-order valence-electron chi connectivity index (χ4n) is 2.61. The van der Waals surface area contributed by atoms with Crippen LogP contribution < -0.4 is 0 Å². The number of hydrogen-bond acceptors (Lipinski definition) is 0. The van der Waals surface area contributed by atoms with Gasteiger partial charge in [0, 0.05) is 0 Å². The lowest BCUT2D eigenvalue weighted by Crippen LogP contribution is -2.11. The molecule has 0 fully saturated rings. The summed E-state index contributed by atoms with van der Waals surface area (Å²) in [6.07, 6.45) is 19.2. The highest BCUT2D eigenvalue weighted by Gasteiger charge is 2.16. The molecule has 0 radical (unpaired) electrons. The van der Waals surface area contributed by atoms with E-state index in [0.29, 0.717) is 0 Å². The average molecular weight is 176 g/mol. The Hall–Kier alpha value is -0.520. The van der Waals surface area contributed by atoms with E-state index in [1.54, 1.807) is 0 Å². The van der Waals surface area contributed by atoms with Crippen molar-refractivity contribution in [1.82, 2.24) is 0 Å². The second-order valence-corrected chi connectivity index (χ2v) is 4.54. The summed E-state index contributed by atoms with van der Waals surface area (Å²) in [6.45, 7) is 0. The zero-order valence-corrected chi connectivity index (χ0v) is 8.41. The van der Waals surface area contributed by atoms with E-state index in [0.717, 1.165) is 11.8 Å². The van der Waals surface area contributed by atoms with Gasteiger partial charge < -0.3 is 0 Å². The van der Waals surface area contributed by atoms with Gasteiger partial charge in [0.2, 0.25) is 0 Å². The van der Waals surface area contributed by atoms with Crippen LogP contribution in [0, 0.1) is 11.8 Å². The smallest absolute Gasteiger partial charge is 0.0322 e. The molecule has 2 unspecified atom stereocenters. The van der Waals surface area contributed by atoms with Crippen molar-refractivity contribution in [3.8, 4) is 0 Å². The van der Waals surface area contributed by atoms with Crippen LogP contribution in [0.15, 0.2) is 24.3 Å². The summed E-state index contributed by atoms with van der Waals surface area (Å²) in [5.74, 6) is 1.96. The van der Waals surface area contributed by atoms with E-state index in [1.165, 1.54) is 44.9 Å². The lowest BCUT2D eigenvalue weighted by atomic mass is 9.81. The molecule has 0 aliphatic heterocycles. The summed E-state index contributed by atoms with van der Waals surface area (Å²) in [7, 11) is 0. The van der Waals surface area contributed by atoms with Crippen LogP contribution in [0.25, 0.3) is 0 Å². The van der Waals surface area contributed by atoms with E-state index in [1.807, 2.05) is 0 Å². The van der Waals surface area contributed by atoms with E-state index in [-0.39, 0.29) is 0 Å². The molecule has 0 spiro atoms. The van der Waals surface area contributed by atoms with Crippen LogP contribution in [0.2, 0.25) is 0 Å². The molecule has 2 aliphatic rings. The Kier molecular flexibility index (Phi) is 3.23. The van der Waals surface area contributed by atoms with E-state index < -0.39 is 0 Å². The highest BCUT2D eigenvalue weighted by Crippen LogP contribution is 2.30. The van der Waals surface area contributed by atoms with Crippen LogP contribution in [0.5, 0.6) is 0 Å². The predicted octanol–water partition coefficient (Wildman–Crippen LogP) is 4.09. The topological polar surface area (TPSA) is 0 Å². The Morgan fingerprint density at radius 1 is 0.692 bits per heavy atom. The van der Waals surface area contributed by atoms with Gasteiger partial charge in [-0.2, -0.15) is 0 Å². The first-order valence-corrected chi connectivity index (χ1v) is 5.75. The van der Waals surface area contributed by atoms with E-state index >= 15 is 0 Å². The first kappa shape index (κ1) is 9.05. The molecule has 2 bridgehead atoms. The van der Waals surface area contributed by atoms with Gasteiger partial charge in [0.1, 0.15) is 0 Å². The third-order valence-corrected chi connectivity index (χ3v) is 3.42. The normalized spacial score (nSPS) is 36.9. The average Bonchev–Trinajstić information content (AvgIpc) is 2.00. The minimum absolute atomic E-state index is 0.978. The number of allylic oxidation sites excluding steroid dienone is 4. The van der Waals surface area contributed by atoms with E-state index in [4.69, 9.17) is 0 Å². The predicted molar refractivity (Wildman–Crippen MR) is 57.6 cm³/mol. The van der Waals surface area contributed by atoms with Crippen LogP contribution >= 0.6 is 0 Å². The second-order valence-electron chi connectivity index (χ2n) is 4.54. The molecule has 0 aromatic rings. The molecular formula is C13H20. The molecule has 0 amide bonds. The van der Waals surface area contributed by atoms with E-state index in [2.05, 4.69) is 24.3 Å². The van der Waals surface area contributed by atoms with Gasteiger partial charge in [-0.1, -0.05) is 24.3 Å². The van der Waals surface area contributed by atoms with Crippen molar-refractivity contribution in [3.05, 3.63) is 24.3 Å². The standard InChI is InChI=1S/C13H20/c1-3-7-12-9-5-2-6-10-13(11-12)8-4-1/h1-3,6,12-13H,4-5,7-11H2/b3-1-,6-2?. The molecule has 0 saturated heterocycles. The van der Waals surface area contributed by atoms with Gasteiger partial charge in [-0.3, -0.25) is 0 Å². The molecule has 0 aromatic heterocycles. The fraction of sp³-hybridized carbons (Fsp3) is 0.692. The van der Waals surface area contributed by atoms with Crippen LogP contribution in [0.1, 0.15) is 44.9 Å². The monoisotopic (exact) mass is 176 g/mol. The number of fused-ring (bicyclic) bond motifs is 2. The highest BCUT2D eigenvalue weighted by atomic mass is 14.2. The molecule has 13 heavy (non-hydrogen) atoms. The van der Waals surface area contributed by atoms with Gasteiger partial charge in [-0.05, 0) is 56.8 Å². The Bertz CT molecular complexity index is 178. The Morgan fingerprint density at radius 2 is 1.23 bits per heavy atom. The molecule has 0 nitrogen and oxygen atoms in total. The first-order chi connectivity index (χ1) is 6.45. The SMILES string of the molecule is C1=CCC2CC/C=C\CC(CC1)C2. The maximum Gasteiger partial charge on any atom is -0.0322 e.